The molecule has 0 saturated carbocycles. The molecule has 6 nitrogen and oxygen atoms in total. The number of likely N-dealkylation sites (tertiary alicyclic amines) is 1. The van der Waals surface area contributed by atoms with E-state index in [0.29, 0.717) is 24.9 Å². The Balaban J connectivity index is 1.66. The number of rotatable bonds is 5. The molecule has 29 heavy (non-hydrogen) atoms. The lowest BCUT2D eigenvalue weighted by Gasteiger charge is -2.43. The first-order valence-electron chi connectivity index (χ1n) is 9.85. The number of amides is 1. The predicted octanol–water partition coefficient (Wildman–Crippen LogP) is 3.08. The van der Waals surface area contributed by atoms with Gasteiger partial charge in [0.2, 0.25) is 0 Å². The van der Waals surface area contributed by atoms with Gasteiger partial charge in [0.05, 0.1) is 18.6 Å². The van der Waals surface area contributed by atoms with Crippen molar-refractivity contribution in [2.75, 3.05) is 6.54 Å². The molecular weight excluding hydrogens is 368 g/mol. The number of H-pyrrole nitrogens is 1. The van der Waals surface area contributed by atoms with Gasteiger partial charge < -0.3 is 20.1 Å². The Bertz CT molecular complexity index is 1010. The molecule has 3 atom stereocenters. The maximum atomic E-state index is 13.2. The number of hydrogen-bond donors (Lipinski definition) is 3. The summed E-state index contributed by atoms with van der Waals surface area (Å²) in [6.07, 6.45) is 1.83. The number of hydrogen-bond acceptors (Lipinski definition) is 3. The molecule has 1 aliphatic heterocycles. The van der Waals surface area contributed by atoms with Crippen LogP contribution in [0.2, 0.25) is 0 Å². The summed E-state index contributed by atoms with van der Waals surface area (Å²) in [5.41, 5.74) is 2.57. The molecule has 3 unspecified atom stereocenters. The number of aliphatic carboxylic acids is 1. The van der Waals surface area contributed by atoms with Gasteiger partial charge in [-0.2, -0.15) is 0 Å². The second-order valence-corrected chi connectivity index (χ2v) is 7.63. The highest BCUT2D eigenvalue weighted by molar-refractivity contribution is 5.94. The third-order valence-corrected chi connectivity index (χ3v) is 5.84. The fraction of sp³-hybridized carbons (Fsp3) is 0.304. The van der Waals surface area contributed by atoms with Crippen molar-refractivity contribution in [2.45, 2.75) is 31.4 Å². The fourth-order valence-electron chi connectivity index (χ4n) is 4.34. The molecule has 150 valence electrons. The molecule has 1 fully saturated rings. The number of carbonyl (C=O) groups excluding carboxylic acids is 1. The van der Waals surface area contributed by atoms with Crippen molar-refractivity contribution in [3.8, 4) is 0 Å². The number of fused-ring (bicyclic) bond motifs is 1. The molecule has 0 spiro atoms. The first-order chi connectivity index (χ1) is 14.0. The van der Waals surface area contributed by atoms with Gasteiger partial charge in [-0.15, -0.1) is 0 Å². The summed E-state index contributed by atoms with van der Waals surface area (Å²) in [6, 6.07) is 16.4. The second-order valence-electron chi connectivity index (χ2n) is 7.63. The standard InChI is InChI=1S/C23H24N2O4/c26-21(27)13-16-10-11-25(23(29)15-6-2-1-3-7-15)20(22(16)28)12-17-14-24-19-9-5-4-8-18(17)19/h1-9,14,16,20,22,24,28H,10-13H2,(H,26,27). The van der Waals surface area contributed by atoms with Crippen LogP contribution < -0.4 is 0 Å². The maximum Gasteiger partial charge on any atom is 0.303 e. The Morgan fingerprint density at radius 1 is 1.07 bits per heavy atom. The number of carboxylic acids is 1. The Morgan fingerprint density at radius 3 is 2.55 bits per heavy atom. The van der Waals surface area contributed by atoms with Gasteiger partial charge >= 0.3 is 5.97 Å². The summed E-state index contributed by atoms with van der Waals surface area (Å²) in [6.45, 7) is 0.426. The molecule has 3 N–H and O–H groups in total. The molecule has 4 rings (SSSR count). The number of nitrogens with zero attached hydrogens (tertiary/aromatic N) is 1. The molecule has 1 amide bonds. The molecule has 0 bridgehead atoms. The predicted molar refractivity (Wildman–Crippen MR) is 110 cm³/mol. The van der Waals surface area contributed by atoms with Crippen molar-refractivity contribution in [2.24, 2.45) is 5.92 Å². The lowest BCUT2D eigenvalue weighted by molar-refractivity contribution is -0.140. The van der Waals surface area contributed by atoms with Gasteiger partial charge in [-0.3, -0.25) is 9.59 Å². The minimum Gasteiger partial charge on any atom is -0.481 e. The molecule has 6 heteroatoms. The van der Waals surface area contributed by atoms with E-state index in [1.807, 2.05) is 48.7 Å². The Kier molecular flexibility index (Phi) is 5.36. The Labute approximate surface area is 168 Å². The first-order valence-corrected chi connectivity index (χ1v) is 9.85. The monoisotopic (exact) mass is 392 g/mol. The summed E-state index contributed by atoms with van der Waals surface area (Å²) in [4.78, 5) is 29.4. The third-order valence-electron chi connectivity index (χ3n) is 5.84. The lowest BCUT2D eigenvalue weighted by Crippen LogP contribution is -2.55. The van der Waals surface area contributed by atoms with Crippen LogP contribution in [0.4, 0.5) is 0 Å². The van der Waals surface area contributed by atoms with Crippen LogP contribution in [0.25, 0.3) is 10.9 Å². The Morgan fingerprint density at radius 2 is 1.79 bits per heavy atom. The van der Waals surface area contributed by atoms with Crippen molar-refractivity contribution < 1.29 is 19.8 Å². The van der Waals surface area contributed by atoms with Crippen LogP contribution in [0.15, 0.2) is 60.8 Å². The summed E-state index contributed by atoms with van der Waals surface area (Å²) in [7, 11) is 0. The number of piperidine rings is 1. The lowest BCUT2D eigenvalue weighted by atomic mass is 9.82. The first kappa shape index (κ1) is 19.2. The summed E-state index contributed by atoms with van der Waals surface area (Å²) < 4.78 is 0. The van der Waals surface area contributed by atoms with Crippen LogP contribution in [-0.4, -0.2) is 50.7 Å². The van der Waals surface area contributed by atoms with Gasteiger partial charge in [0.1, 0.15) is 0 Å². The normalized spacial score (nSPS) is 22.0. The minimum absolute atomic E-state index is 0.0983. The number of carbonyl (C=O) groups is 2. The molecule has 3 aromatic rings. The number of benzene rings is 2. The van der Waals surface area contributed by atoms with E-state index in [-0.39, 0.29) is 18.2 Å². The SMILES string of the molecule is O=C(O)CC1CCN(C(=O)c2ccccc2)C(Cc2c[nH]c3ccccc23)C1O. The molecular formula is C23H24N2O4. The Hall–Kier alpha value is -3.12. The zero-order valence-corrected chi connectivity index (χ0v) is 16.0. The highest BCUT2D eigenvalue weighted by Crippen LogP contribution is 2.31. The molecule has 0 aliphatic carbocycles. The average Bonchev–Trinajstić information content (AvgIpc) is 3.14. The number of aromatic nitrogens is 1. The van der Waals surface area contributed by atoms with Crippen LogP contribution in [0, 0.1) is 5.92 Å². The quantitative estimate of drug-likeness (QED) is 0.622. The summed E-state index contributed by atoms with van der Waals surface area (Å²) in [5.74, 6) is -1.44. The van der Waals surface area contributed by atoms with Crippen LogP contribution >= 0.6 is 0 Å². The number of aliphatic hydroxyl groups excluding tert-OH is 1. The van der Waals surface area contributed by atoms with E-state index >= 15 is 0 Å². The van der Waals surface area contributed by atoms with E-state index in [0.717, 1.165) is 16.5 Å². The van der Waals surface area contributed by atoms with Gasteiger partial charge in [0.15, 0.2) is 0 Å². The van der Waals surface area contributed by atoms with Crippen molar-refractivity contribution in [3.05, 3.63) is 71.9 Å². The molecule has 1 aromatic heterocycles. The smallest absolute Gasteiger partial charge is 0.303 e. The van der Waals surface area contributed by atoms with Crippen LogP contribution in [0.1, 0.15) is 28.8 Å². The van der Waals surface area contributed by atoms with Gasteiger partial charge in [-0.1, -0.05) is 36.4 Å². The van der Waals surface area contributed by atoms with Crippen molar-refractivity contribution in [1.29, 1.82) is 0 Å². The second kappa shape index (κ2) is 8.09. The average molecular weight is 392 g/mol. The van der Waals surface area contributed by atoms with Gasteiger partial charge in [0.25, 0.3) is 5.91 Å². The topological polar surface area (TPSA) is 93.6 Å². The number of aromatic amines is 1. The van der Waals surface area contributed by atoms with E-state index in [1.54, 1.807) is 17.0 Å². The van der Waals surface area contributed by atoms with Gasteiger partial charge in [-0.05, 0) is 42.5 Å². The zero-order chi connectivity index (χ0) is 20.4. The van der Waals surface area contributed by atoms with E-state index in [4.69, 9.17) is 0 Å². The minimum atomic E-state index is -0.928. The van der Waals surface area contributed by atoms with Crippen molar-refractivity contribution in [3.63, 3.8) is 0 Å². The fourth-order valence-corrected chi connectivity index (χ4v) is 4.34. The largest absolute Gasteiger partial charge is 0.481 e. The molecule has 0 radical (unpaired) electrons. The highest BCUT2D eigenvalue weighted by atomic mass is 16.4. The third kappa shape index (κ3) is 3.89. The number of carboxylic acid groups (broad SMARTS) is 1. The van der Waals surface area contributed by atoms with Gasteiger partial charge in [-0.25, -0.2) is 0 Å². The summed E-state index contributed by atoms with van der Waals surface area (Å²) >= 11 is 0. The van der Waals surface area contributed by atoms with Crippen LogP contribution in [-0.2, 0) is 11.2 Å². The molecule has 2 aromatic carbocycles. The van der Waals surface area contributed by atoms with Crippen molar-refractivity contribution >= 4 is 22.8 Å². The van der Waals surface area contributed by atoms with E-state index in [1.165, 1.54) is 0 Å². The molecule has 1 saturated heterocycles. The number of nitrogens with one attached hydrogen (secondary N) is 1. The van der Waals surface area contributed by atoms with Crippen LogP contribution in [0.5, 0.6) is 0 Å². The maximum absolute atomic E-state index is 13.2. The molecule has 2 heterocycles. The zero-order valence-electron chi connectivity index (χ0n) is 16.0. The van der Waals surface area contributed by atoms with E-state index in [9.17, 15) is 19.8 Å². The molecule has 1 aliphatic rings. The van der Waals surface area contributed by atoms with E-state index in [2.05, 4.69) is 4.98 Å². The van der Waals surface area contributed by atoms with Gasteiger partial charge in [0, 0.05) is 29.2 Å². The number of para-hydroxylation sites is 1. The van der Waals surface area contributed by atoms with E-state index < -0.39 is 18.1 Å². The highest BCUT2D eigenvalue weighted by Gasteiger charge is 2.40. The van der Waals surface area contributed by atoms with Crippen LogP contribution in [0.3, 0.4) is 0 Å². The van der Waals surface area contributed by atoms with Crippen molar-refractivity contribution in [1.82, 2.24) is 9.88 Å². The summed E-state index contributed by atoms with van der Waals surface area (Å²) in [5, 5.41) is 21.3. The number of aliphatic hydroxyl groups is 1.